The summed E-state index contributed by atoms with van der Waals surface area (Å²) in [6, 6.07) is 10.5. The third kappa shape index (κ3) is 1.99. The van der Waals surface area contributed by atoms with Crippen molar-refractivity contribution in [2.45, 2.75) is 13.0 Å². The summed E-state index contributed by atoms with van der Waals surface area (Å²) >= 11 is 0. The first-order chi connectivity index (χ1) is 9.15. The normalized spacial score (nSPS) is 17.3. The van der Waals surface area contributed by atoms with Crippen LogP contribution in [0.3, 0.4) is 0 Å². The lowest BCUT2D eigenvalue weighted by atomic mass is 9.97. The van der Waals surface area contributed by atoms with Crippen LogP contribution in [-0.2, 0) is 0 Å². The summed E-state index contributed by atoms with van der Waals surface area (Å²) < 4.78 is 0. The highest BCUT2D eigenvalue weighted by Crippen LogP contribution is 2.28. The van der Waals surface area contributed by atoms with Crippen molar-refractivity contribution in [2.24, 2.45) is 0 Å². The maximum absolute atomic E-state index is 12.1. The van der Waals surface area contributed by atoms with Gasteiger partial charge in [0.05, 0.1) is 17.3 Å². The summed E-state index contributed by atoms with van der Waals surface area (Å²) in [5, 5.41) is 5.45. The van der Waals surface area contributed by atoms with Gasteiger partial charge in [0, 0.05) is 5.69 Å². The molecule has 19 heavy (non-hydrogen) atoms. The first-order valence-corrected chi connectivity index (χ1v) is 6.01. The number of hydrogen-bond acceptors (Lipinski definition) is 2. The van der Waals surface area contributed by atoms with Gasteiger partial charge in [0.2, 0.25) is 0 Å². The third-order valence-electron chi connectivity index (χ3n) is 3.15. The summed E-state index contributed by atoms with van der Waals surface area (Å²) in [5.74, 6) is 0. The smallest absolute Gasteiger partial charge is 0.320 e. The highest BCUT2D eigenvalue weighted by molar-refractivity contribution is 5.93. The molecule has 2 heterocycles. The Morgan fingerprint density at radius 2 is 1.84 bits per heavy atom. The summed E-state index contributed by atoms with van der Waals surface area (Å²) in [6.45, 7) is 1.79. The molecular formula is C14H13N3O2. The summed E-state index contributed by atoms with van der Waals surface area (Å²) in [6.07, 6.45) is 0. The largest absolute Gasteiger partial charge is 0.327 e. The van der Waals surface area contributed by atoms with Crippen LogP contribution in [-0.4, -0.2) is 11.0 Å². The number of anilines is 1. The minimum Gasteiger partial charge on any atom is -0.327 e. The number of amides is 2. The number of fused-ring (bicyclic) bond motifs is 1. The molecule has 1 atom stereocenters. The topological polar surface area (TPSA) is 74.0 Å². The van der Waals surface area contributed by atoms with Crippen molar-refractivity contribution in [3.8, 4) is 0 Å². The van der Waals surface area contributed by atoms with Gasteiger partial charge in [0.15, 0.2) is 0 Å². The quantitative estimate of drug-likeness (QED) is 0.728. The van der Waals surface area contributed by atoms with E-state index < -0.39 is 6.04 Å². The van der Waals surface area contributed by atoms with Gasteiger partial charge >= 0.3 is 6.03 Å². The van der Waals surface area contributed by atoms with Crippen LogP contribution in [0, 0.1) is 6.92 Å². The van der Waals surface area contributed by atoms with E-state index in [0.717, 1.165) is 11.3 Å². The summed E-state index contributed by atoms with van der Waals surface area (Å²) in [5.41, 5.74) is 2.53. The molecule has 3 rings (SSSR count). The second kappa shape index (κ2) is 4.28. The lowest BCUT2D eigenvalue weighted by Gasteiger charge is -2.26. The van der Waals surface area contributed by atoms with Gasteiger partial charge in [-0.05, 0) is 18.6 Å². The molecule has 3 N–H and O–H groups in total. The minimum atomic E-state index is -0.422. The molecule has 1 unspecified atom stereocenters. The van der Waals surface area contributed by atoms with Crippen LogP contribution >= 0.6 is 0 Å². The number of rotatable bonds is 1. The first-order valence-electron chi connectivity index (χ1n) is 6.01. The lowest BCUT2D eigenvalue weighted by Crippen LogP contribution is -2.41. The Morgan fingerprint density at radius 1 is 1.11 bits per heavy atom. The molecule has 5 heteroatoms. The fourth-order valence-corrected chi connectivity index (χ4v) is 2.35. The van der Waals surface area contributed by atoms with Gasteiger partial charge in [-0.25, -0.2) is 4.79 Å². The zero-order valence-electron chi connectivity index (χ0n) is 10.4. The van der Waals surface area contributed by atoms with Crippen LogP contribution in [0.4, 0.5) is 10.5 Å². The van der Waals surface area contributed by atoms with E-state index in [-0.39, 0.29) is 11.6 Å². The van der Waals surface area contributed by atoms with E-state index in [2.05, 4.69) is 15.6 Å². The molecule has 0 radical (unpaired) electrons. The fraction of sp³-hybridized carbons (Fsp3) is 0.143. The third-order valence-corrected chi connectivity index (χ3v) is 3.15. The van der Waals surface area contributed by atoms with Crippen LogP contribution in [0.5, 0.6) is 0 Å². The maximum Gasteiger partial charge on any atom is 0.320 e. The molecule has 0 aliphatic carbocycles. The SMILES string of the molecule is Cc1cc2c(c(=O)[nH]1)C(c1ccccc1)NC(=O)N2. The minimum absolute atomic E-state index is 0.184. The molecule has 1 aromatic carbocycles. The van der Waals surface area contributed by atoms with Gasteiger partial charge in [-0.1, -0.05) is 30.3 Å². The van der Waals surface area contributed by atoms with E-state index >= 15 is 0 Å². The number of nitrogens with one attached hydrogen (secondary N) is 3. The van der Waals surface area contributed by atoms with Crippen LogP contribution in [0.25, 0.3) is 0 Å². The average molecular weight is 255 g/mol. The zero-order chi connectivity index (χ0) is 13.4. The van der Waals surface area contributed by atoms with Crippen molar-refractivity contribution in [3.63, 3.8) is 0 Å². The van der Waals surface area contributed by atoms with Crippen LogP contribution in [0.2, 0.25) is 0 Å². The molecular weight excluding hydrogens is 242 g/mol. The zero-order valence-corrected chi connectivity index (χ0v) is 10.4. The molecule has 0 bridgehead atoms. The van der Waals surface area contributed by atoms with Crippen molar-refractivity contribution < 1.29 is 4.79 Å². The number of H-pyrrole nitrogens is 1. The number of aryl methyl sites for hydroxylation is 1. The number of aromatic nitrogens is 1. The Bertz CT molecular complexity index is 692. The number of carbonyl (C=O) groups excluding carboxylic acids is 1. The van der Waals surface area contributed by atoms with Gasteiger partial charge < -0.3 is 15.6 Å². The Balaban J connectivity index is 2.20. The van der Waals surface area contributed by atoms with E-state index in [1.165, 1.54) is 0 Å². The number of aromatic amines is 1. The number of benzene rings is 1. The van der Waals surface area contributed by atoms with Crippen LogP contribution in [0.15, 0.2) is 41.2 Å². The van der Waals surface area contributed by atoms with Crippen molar-refractivity contribution in [1.82, 2.24) is 10.3 Å². The van der Waals surface area contributed by atoms with E-state index in [9.17, 15) is 9.59 Å². The number of carbonyl (C=O) groups is 1. The number of hydrogen-bond donors (Lipinski definition) is 3. The molecule has 2 aromatic rings. The maximum atomic E-state index is 12.1. The van der Waals surface area contributed by atoms with Gasteiger partial charge in [0.1, 0.15) is 0 Å². The predicted molar refractivity (Wildman–Crippen MR) is 72.2 cm³/mol. The Morgan fingerprint density at radius 3 is 2.58 bits per heavy atom. The van der Waals surface area contributed by atoms with Gasteiger partial charge in [-0.15, -0.1) is 0 Å². The van der Waals surface area contributed by atoms with E-state index in [0.29, 0.717) is 11.3 Å². The molecule has 1 aliphatic rings. The highest BCUT2D eigenvalue weighted by atomic mass is 16.2. The van der Waals surface area contributed by atoms with Gasteiger partial charge in [-0.2, -0.15) is 0 Å². The molecule has 1 aliphatic heterocycles. The Labute approximate surface area is 109 Å². The van der Waals surface area contributed by atoms with Crippen LogP contribution < -0.4 is 16.2 Å². The number of urea groups is 1. The second-order valence-corrected chi connectivity index (χ2v) is 4.55. The molecule has 5 nitrogen and oxygen atoms in total. The average Bonchev–Trinajstić information content (AvgIpc) is 2.38. The van der Waals surface area contributed by atoms with Crippen molar-refractivity contribution in [3.05, 3.63) is 63.6 Å². The van der Waals surface area contributed by atoms with E-state index in [1.54, 1.807) is 13.0 Å². The monoisotopic (exact) mass is 255 g/mol. The molecule has 0 fully saturated rings. The standard InChI is InChI=1S/C14H13N3O2/c1-8-7-10-11(13(18)15-8)12(17-14(19)16-10)9-5-3-2-4-6-9/h2-7,12H,1H3,(H,15,18)(H2,16,17,19). The molecule has 2 amide bonds. The fourth-order valence-electron chi connectivity index (χ4n) is 2.35. The molecule has 96 valence electrons. The van der Waals surface area contributed by atoms with Gasteiger partial charge in [-0.3, -0.25) is 4.79 Å². The lowest BCUT2D eigenvalue weighted by molar-refractivity contribution is 0.249. The summed E-state index contributed by atoms with van der Waals surface area (Å²) in [7, 11) is 0. The van der Waals surface area contributed by atoms with E-state index in [4.69, 9.17) is 0 Å². The van der Waals surface area contributed by atoms with E-state index in [1.807, 2.05) is 30.3 Å². The molecule has 0 spiro atoms. The second-order valence-electron chi connectivity index (χ2n) is 4.55. The van der Waals surface area contributed by atoms with Gasteiger partial charge in [0.25, 0.3) is 5.56 Å². The molecule has 1 aromatic heterocycles. The summed E-state index contributed by atoms with van der Waals surface area (Å²) in [4.78, 5) is 26.6. The van der Waals surface area contributed by atoms with Crippen molar-refractivity contribution >= 4 is 11.7 Å². The predicted octanol–water partition coefficient (Wildman–Crippen LogP) is 1.91. The highest BCUT2D eigenvalue weighted by Gasteiger charge is 2.28. The molecule has 0 saturated carbocycles. The van der Waals surface area contributed by atoms with Crippen LogP contribution in [0.1, 0.15) is 22.9 Å². The Hall–Kier alpha value is -2.56. The number of pyridine rings is 1. The molecule has 0 saturated heterocycles. The van der Waals surface area contributed by atoms with Crippen molar-refractivity contribution in [1.29, 1.82) is 0 Å². The Kier molecular flexibility index (Phi) is 2.59. The first kappa shape index (κ1) is 11.5. The van der Waals surface area contributed by atoms with Crippen molar-refractivity contribution in [2.75, 3.05) is 5.32 Å².